The van der Waals surface area contributed by atoms with E-state index in [4.69, 9.17) is 9.72 Å². The number of halogens is 1. The van der Waals surface area contributed by atoms with E-state index >= 15 is 0 Å². The fraction of sp³-hybridized carbons (Fsp3) is 0.474. The fourth-order valence-corrected chi connectivity index (χ4v) is 11.9. The Labute approximate surface area is 413 Å². The molecule has 4 aromatic heterocycles. The zero-order chi connectivity index (χ0) is 48.0. The minimum atomic E-state index is -0.504. The van der Waals surface area contributed by atoms with Crippen molar-refractivity contribution in [3.8, 4) is 28.1 Å². The molecule has 5 aliphatic rings. The average molecular weight is 948 g/mol. The van der Waals surface area contributed by atoms with Crippen molar-refractivity contribution in [3.63, 3.8) is 0 Å². The maximum Gasteiger partial charge on any atom is 0.237 e. The van der Waals surface area contributed by atoms with Gasteiger partial charge in [-0.25, -0.2) is 9.97 Å². The largest absolute Gasteiger partial charge is 0.478 e. The van der Waals surface area contributed by atoms with Crippen LogP contribution in [0.2, 0.25) is 0 Å². The van der Waals surface area contributed by atoms with Gasteiger partial charge in [-0.3, -0.25) is 19.6 Å². The number of hydrogen-bond acceptors (Lipinski definition) is 10. The van der Waals surface area contributed by atoms with Crippen molar-refractivity contribution in [2.45, 2.75) is 109 Å². The number of carbonyl (C=O) groups excluding carboxylic acids is 2. The van der Waals surface area contributed by atoms with E-state index in [2.05, 4.69) is 87.7 Å². The predicted molar refractivity (Wildman–Crippen MR) is 279 cm³/mol. The van der Waals surface area contributed by atoms with Crippen LogP contribution in [-0.2, 0) is 20.4 Å². The number of aromatic nitrogens is 4. The summed E-state index contributed by atoms with van der Waals surface area (Å²) in [6.45, 7) is 16.8. The first-order chi connectivity index (χ1) is 33.4. The van der Waals surface area contributed by atoms with Crippen molar-refractivity contribution in [1.29, 1.82) is 0 Å². The van der Waals surface area contributed by atoms with Gasteiger partial charge in [0.05, 0.1) is 52.2 Å². The van der Waals surface area contributed by atoms with Crippen molar-refractivity contribution in [2.24, 2.45) is 0 Å². The van der Waals surface area contributed by atoms with E-state index in [1.54, 1.807) is 17.2 Å². The molecule has 0 aliphatic carbocycles. The Hall–Kier alpha value is -5.89. The van der Waals surface area contributed by atoms with Crippen LogP contribution in [0.5, 0.6) is 5.88 Å². The summed E-state index contributed by atoms with van der Waals surface area (Å²) < 4.78 is 19.2. The first-order valence-corrected chi connectivity index (χ1v) is 25.2. The Bertz CT molecular complexity index is 2850. The summed E-state index contributed by atoms with van der Waals surface area (Å²) >= 11 is 0. The summed E-state index contributed by atoms with van der Waals surface area (Å²) in [4.78, 5) is 56.0. The molecule has 368 valence electrons. The van der Waals surface area contributed by atoms with Crippen LogP contribution in [0.25, 0.3) is 44.1 Å². The van der Waals surface area contributed by atoms with Crippen molar-refractivity contribution >= 4 is 45.0 Å². The summed E-state index contributed by atoms with van der Waals surface area (Å²) in [7, 11) is 3.75. The number of fused-ring (bicyclic) bond motifs is 8. The van der Waals surface area contributed by atoms with Crippen molar-refractivity contribution in [3.05, 3.63) is 103 Å². The minimum absolute atomic E-state index is 0. The summed E-state index contributed by atoms with van der Waals surface area (Å²) in [5.41, 5.74) is 8.86. The molecule has 0 unspecified atom stereocenters. The van der Waals surface area contributed by atoms with E-state index in [0.717, 1.165) is 131 Å². The molecule has 3 fully saturated rings. The summed E-state index contributed by atoms with van der Waals surface area (Å²) in [6.07, 6.45) is 15.5. The van der Waals surface area contributed by atoms with Crippen LogP contribution >= 0.6 is 0 Å². The van der Waals surface area contributed by atoms with Gasteiger partial charge in [-0.05, 0) is 166 Å². The maximum absolute atomic E-state index is 13.7. The Kier molecular flexibility index (Phi) is 14.1. The molecule has 70 heavy (non-hydrogen) atoms. The standard InChI is InChI=1S/C32H41N5O2.C24H25FN4O.CH4/c1-23(2)37-17-12-32(13-18-37)30-26-20-24(8-10-27(26)33-22-28(30)35(3)31(32)38)25-9-11-29(34-21-25)39-19-7-16-36-14-5-4-6-15-36;1-15(2)29-10-8-24(9-11-29)22-18-12-16(17-5-7-21(25)27-13-17)4-6-19(18)26-14-20(22)28(3)23(24)30;/h8-11,20-23H,4-7,12-19H2,1-3H3;4-7,12-15H,8-11H2,1-3H3;1H4. The Morgan fingerprint density at radius 2 is 1.06 bits per heavy atom. The average Bonchev–Trinajstić information content (AvgIpc) is 3.71. The van der Waals surface area contributed by atoms with Gasteiger partial charge in [0.2, 0.25) is 23.6 Å². The van der Waals surface area contributed by atoms with Crippen LogP contribution in [0.3, 0.4) is 0 Å². The molecule has 0 bridgehead atoms. The molecular formula is C57H70FN9O3. The molecule has 0 atom stereocenters. The third-order valence-electron chi connectivity index (χ3n) is 16.0. The van der Waals surface area contributed by atoms with Gasteiger partial charge in [-0.1, -0.05) is 26.0 Å². The number of pyridine rings is 4. The molecule has 3 saturated heterocycles. The Balaban J connectivity index is 0.000000177. The number of amides is 2. The van der Waals surface area contributed by atoms with Crippen molar-refractivity contribution in [2.75, 3.05) is 76.3 Å². The maximum atomic E-state index is 13.7. The third-order valence-corrected chi connectivity index (χ3v) is 16.0. The summed E-state index contributed by atoms with van der Waals surface area (Å²) in [5.74, 6) is 0.558. The lowest BCUT2D eigenvalue weighted by atomic mass is 9.72. The van der Waals surface area contributed by atoms with E-state index < -0.39 is 16.8 Å². The highest BCUT2D eigenvalue weighted by molar-refractivity contribution is 6.13. The lowest BCUT2D eigenvalue weighted by molar-refractivity contribution is -0.125. The lowest BCUT2D eigenvalue weighted by Crippen LogP contribution is -2.49. The van der Waals surface area contributed by atoms with E-state index in [0.29, 0.717) is 24.6 Å². The molecule has 11 rings (SSSR count). The smallest absolute Gasteiger partial charge is 0.237 e. The Morgan fingerprint density at radius 3 is 1.50 bits per heavy atom. The number of ether oxygens (including phenoxy) is 1. The number of likely N-dealkylation sites (N-methyl/N-ethyl adjacent to an activating group) is 2. The zero-order valence-corrected chi connectivity index (χ0v) is 41.2. The van der Waals surface area contributed by atoms with Crippen LogP contribution in [0.4, 0.5) is 15.8 Å². The second kappa shape index (κ2) is 20.1. The summed E-state index contributed by atoms with van der Waals surface area (Å²) in [5, 5.41) is 2.09. The van der Waals surface area contributed by atoms with E-state index in [9.17, 15) is 14.0 Å². The van der Waals surface area contributed by atoms with Crippen molar-refractivity contribution < 1.29 is 18.7 Å². The predicted octanol–water partition coefficient (Wildman–Crippen LogP) is 10.1. The van der Waals surface area contributed by atoms with Crippen LogP contribution < -0.4 is 14.5 Å². The van der Waals surface area contributed by atoms with Crippen LogP contribution in [0.1, 0.15) is 97.6 Å². The van der Waals surface area contributed by atoms with Gasteiger partial charge in [0, 0.05) is 84.2 Å². The molecular weight excluding hydrogens is 878 g/mol. The highest BCUT2D eigenvalue weighted by Gasteiger charge is 2.53. The molecule has 5 aliphatic heterocycles. The molecule has 9 heterocycles. The zero-order valence-electron chi connectivity index (χ0n) is 41.2. The van der Waals surface area contributed by atoms with E-state index in [1.807, 2.05) is 55.8 Å². The highest BCUT2D eigenvalue weighted by atomic mass is 19.1. The van der Waals surface area contributed by atoms with Gasteiger partial charge in [0.15, 0.2) is 0 Å². The van der Waals surface area contributed by atoms with Gasteiger partial charge in [-0.2, -0.15) is 4.39 Å². The number of benzene rings is 2. The summed E-state index contributed by atoms with van der Waals surface area (Å²) in [6, 6.07) is 20.5. The fourth-order valence-electron chi connectivity index (χ4n) is 11.9. The van der Waals surface area contributed by atoms with Gasteiger partial charge in [0.1, 0.15) is 0 Å². The van der Waals surface area contributed by atoms with Crippen LogP contribution in [-0.4, -0.2) is 125 Å². The second-order valence-corrected chi connectivity index (χ2v) is 20.5. The van der Waals surface area contributed by atoms with Crippen LogP contribution in [0, 0.1) is 5.95 Å². The van der Waals surface area contributed by atoms with Crippen molar-refractivity contribution in [1.82, 2.24) is 34.6 Å². The number of carbonyl (C=O) groups is 2. The minimum Gasteiger partial charge on any atom is -0.478 e. The van der Waals surface area contributed by atoms with Gasteiger partial charge in [0.25, 0.3) is 0 Å². The molecule has 13 heteroatoms. The molecule has 2 aromatic carbocycles. The van der Waals surface area contributed by atoms with E-state index in [-0.39, 0.29) is 19.2 Å². The molecule has 0 N–H and O–H groups in total. The number of anilines is 2. The van der Waals surface area contributed by atoms with Crippen LogP contribution in [0.15, 0.2) is 85.5 Å². The Morgan fingerprint density at radius 1 is 0.586 bits per heavy atom. The molecule has 0 radical (unpaired) electrons. The normalized spacial score (nSPS) is 19.0. The molecule has 6 aromatic rings. The number of nitrogens with zero attached hydrogens (tertiary/aromatic N) is 9. The monoisotopic (exact) mass is 948 g/mol. The topological polar surface area (TPSA) is 111 Å². The van der Waals surface area contributed by atoms with Gasteiger partial charge in [-0.15, -0.1) is 0 Å². The number of piperidine rings is 3. The SMILES string of the molecule is C.CC(C)N1CCC2(CC1)C(=O)N(C)c1cnc3ccc(-c4ccc(F)nc4)cc3c12.CC(C)N1CCC2(CC1)C(=O)N(C)c1cnc3ccc(-c4ccc(OCCCN5CCCCC5)nc4)cc3c12. The number of likely N-dealkylation sites (tertiary alicyclic amines) is 3. The number of hydrogen-bond donors (Lipinski definition) is 0. The lowest BCUT2D eigenvalue weighted by Gasteiger charge is -2.40. The van der Waals surface area contributed by atoms with Gasteiger partial charge < -0.3 is 29.2 Å². The molecule has 2 spiro atoms. The molecule has 12 nitrogen and oxygen atoms in total. The first kappa shape index (κ1) is 49.1. The van der Waals surface area contributed by atoms with Gasteiger partial charge >= 0.3 is 0 Å². The third kappa shape index (κ3) is 8.94. The second-order valence-electron chi connectivity index (χ2n) is 20.5. The highest BCUT2D eigenvalue weighted by Crippen LogP contribution is 2.52. The number of rotatable bonds is 9. The molecule has 0 saturated carbocycles. The first-order valence-electron chi connectivity index (χ1n) is 25.2. The quantitative estimate of drug-likeness (QED) is 0.103. The van der Waals surface area contributed by atoms with E-state index in [1.165, 1.54) is 38.4 Å². The molecule has 2 amide bonds.